The number of carbonyl (C=O) groups is 2. The Morgan fingerprint density at radius 1 is 1.53 bits per heavy atom. The molecule has 1 amide bonds. The first-order valence-electron chi connectivity index (χ1n) is 4.22. The van der Waals surface area contributed by atoms with Crippen molar-refractivity contribution in [2.24, 2.45) is 5.92 Å². The van der Waals surface area contributed by atoms with E-state index >= 15 is 0 Å². The second kappa shape index (κ2) is 5.57. The van der Waals surface area contributed by atoms with Crippen molar-refractivity contribution in [1.29, 1.82) is 0 Å². The summed E-state index contributed by atoms with van der Waals surface area (Å²) >= 11 is 0. The van der Waals surface area contributed by atoms with Crippen LogP contribution >= 0.6 is 0 Å². The minimum Gasteiger partial charge on any atom is -0.467 e. The van der Waals surface area contributed by atoms with Crippen molar-refractivity contribution in [2.45, 2.75) is 25.6 Å². The second-order valence-corrected chi connectivity index (χ2v) is 2.84. The van der Waals surface area contributed by atoms with Gasteiger partial charge in [-0.25, -0.2) is 4.79 Å². The first kappa shape index (κ1) is 13.7. The summed E-state index contributed by atoms with van der Waals surface area (Å²) in [5.74, 6) is -3.04. The number of ether oxygens (including phenoxy) is 1. The molecule has 7 heteroatoms. The Hall–Kier alpha value is -1.27. The Morgan fingerprint density at radius 3 is 2.33 bits per heavy atom. The van der Waals surface area contributed by atoms with E-state index in [4.69, 9.17) is 0 Å². The van der Waals surface area contributed by atoms with Gasteiger partial charge in [0.1, 0.15) is 6.04 Å². The number of hydrogen-bond donors (Lipinski definition) is 1. The van der Waals surface area contributed by atoms with Gasteiger partial charge in [0.15, 0.2) is 0 Å². The number of nitrogens with one attached hydrogen (secondary N) is 1. The molecule has 0 aromatic rings. The van der Waals surface area contributed by atoms with Crippen LogP contribution < -0.4 is 5.32 Å². The maximum atomic E-state index is 12.4. The quantitative estimate of drug-likeness (QED) is 0.560. The first-order chi connectivity index (χ1) is 6.88. The van der Waals surface area contributed by atoms with Crippen molar-refractivity contribution in [2.75, 3.05) is 7.11 Å². The van der Waals surface area contributed by atoms with E-state index in [9.17, 15) is 22.8 Å². The van der Waals surface area contributed by atoms with Gasteiger partial charge < -0.3 is 10.1 Å². The van der Waals surface area contributed by atoms with Gasteiger partial charge in [0.05, 0.1) is 13.0 Å². The van der Waals surface area contributed by atoms with Crippen molar-refractivity contribution < 1.29 is 27.5 Å². The zero-order chi connectivity index (χ0) is 12.1. The lowest BCUT2D eigenvalue weighted by molar-refractivity contribution is -0.191. The van der Waals surface area contributed by atoms with Crippen molar-refractivity contribution in [3.05, 3.63) is 0 Å². The van der Waals surface area contributed by atoms with E-state index in [0.29, 0.717) is 0 Å². The molecule has 0 aromatic carbocycles. The molecule has 0 aromatic heterocycles. The molecule has 0 spiro atoms. The maximum Gasteiger partial charge on any atom is 0.394 e. The van der Waals surface area contributed by atoms with Gasteiger partial charge in [-0.2, -0.15) is 13.2 Å². The van der Waals surface area contributed by atoms with Gasteiger partial charge in [0.25, 0.3) is 0 Å². The van der Waals surface area contributed by atoms with E-state index in [1.165, 1.54) is 6.92 Å². The molecule has 0 rings (SSSR count). The number of amides is 1. The van der Waals surface area contributed by atoms with Crippen molar-refractivity contribution in [3.63, 3.8) is 0 Å². The van der Waals surface area contributed by atoms with Crippen LogP contribution in [0.3, 0.4) is 0 Å². The highest BCUT2D eigenvalue weighted by atomic mass is 19.4. The van der Waals surface area contributed by atoms with Gasteiger partial charge >= 0.3 is 12.1 Å². The standard InChI is InChI=1S/C8H12F3NO3/c1-3-5(8(9,10)11)6(12-4-13)7(14)15-2/h4-6H,3H2,1-2H3,(H,12,13)/t5-,6-/m1/s1. The highest BCUT2D eigenvalue weighted by Gasteiger charge is 2.46. The molecule has 0 bridgehead atoms. The number of rotatable bonds is 5. The number of hydrogen-bond acceptors (Lipinski definition) is 3. The number of carbonyl (C=O) groups excluding carboxylic acids is 2. The molecule has 2 atom stereocenters. The van der Waals surface area contributed by atoms with Crippen molar-refractivity contribution in [1.82, 2.24) is 5.32 Å². The molecule has 0 saturated carbocycles. The van der Waals surface area contributed by atoms with Crippen LogP contribution in [0.1, 0.15) is 13.3 Å². The summed E-state index contributed by atoms with van der Waals surface area (Å²) < 4.78 is 41.5. The topological polar surface area (TPSA) is 55.4 Å². The SMILES string of the molecule is CC[C@H]([C@@H](NC=O)C(=O)OC)C(F)(F)F. The lowest BCUT2D eigenvalue weighted by Crippen LogP contribution is -2.48. The minimum atomic E-state index is -4.55. The first-order valence-corrected chi connectivity index (χ1v) is 4.22. The lowest BCUT2D eigenvalue weighted by Gasteiger charge is -2.25. The highest BCUT2D eigenvalue weighted by Crippen LogP contribution is 2.31. The van der Waals surface area contributed by atoms with Gasteiger partial charge in [-0.3, -0.25) is 4.79 Å². The largest absolute Gasteiger partial charge is 0.467 e. The molecule has 15 heavy (non-hydrogen) atoms. The normalized spacial score (nSPS) is 15.3. The average molecular weight is 227 g/mol. The fourth-order valence-corrected chi connectivity index (χ4v) is 1.20. The van der Waals surface area contributed by atoms with Gasteiger partial charge in [0, 0.05) is 0 Å². The van der Waals surface area contributed by atoms with Crippen LogP contribution in [0.25, 0.3) is 0 Å². The summed E-state index contributed by atoms with van der Waals surface area (Å²) in [5, 5.41) is 1.82. The smallest absolute Gasteiger partial charge is 0.394 e. The summed E-state index contributed by atoms with van der Waals surface area (Å²) in [6.07, 6.45) is -4.82. The number of halogens is 3. The Morgan fingerprint density at radius 2 is 2.07 bits per heavy atom. The molecule has 88 valence electrons. The Labute approximate surface area is 84.8 Å². The molecule has 0 heterocycles. The van der Waals surface area contributed by atoms with Crippen LogP contribution in [0.4, 0.5) is 13.2 Å². The van der Waals surface area contributed by atoms with Gasteiger partial charge in [-0.15, -0.1) is 0 Å². The third kappa shape index (κ3) is 3.77. The fourth-order valence-electron chi connectivity index (χ4n) is 1.20. The molecule has 1 N–H and O–H groups in total. The van der Waals surface area contributed by atoms with E-state index in [-0.39, 0.29) is 12.8 Å². The third-order valence-electron chi connectivity index (χ3n) is 1.97. The minimum absolute atomic E-state index is 0.0516. The van der Waals surface area contributed by atoms with Crippen LogP contribution in [0, 0.1) is 5.92 Å². The fraction of sp³-hybridized carbons (Fsp3) is 0.750. The van der Waals surface area contributed by atoms with Gasteiger partial charge in [-0.05, 0) is 6.42 Å². The van der Waals surface area contributed by atoms with E-state index < -0.39 is 24.1 Å². The molecule has 0 unspecified atom stereocenters. The Bertz CT molecular complexity index is 230. The summed E-state index contributed by atoms with van der Waals surface area (Å²) in [7, 11) is 0.963. The maximum absolute atomic E-state index is 12.4. The Balaban J connectivity index is 4.85. The van der Waals surface area contributed by atoms with E-state index in [1.54, 1.807) is 0 Å². The summed E-state index contributed by atoms with van der Waals surface area (Å²) in [6, 6.07) is -1.68. The zero-order valence-electron chi connectivity index (χ0n) is 8.30. The van der Waals surface area contributed by atoms with Crippen LogP contribution in [0.15, 0.2) is 0 Å². The van der Waals surface area contributed by atoms with Gasteiger partial charge in [0.2, 0.25) is 6.41 Å². The van der Waals surface area contributed by atoms with Crippen molar-refractivity contribution >= 4 is 12.4 Å². The predicted molar refractivity (Wildman–Crippen MR) is 44.8 cm³/mol. The van der Waals surface area contributed by atoms with E-state index in [2.05, 4.69) is 4.74 Å². The van der Waals surface area contributed by atoms with Crippen LogP contribution in [-0.2, 0) is 14.3 Å². The number of alkyl halides is 3. The predicted octanol–water partition coefficient (Wildman–Crippen LogP) is 0.862. The highest BCUT2D eigenvalue weighted by molar-refractivity contribution is 5.78. The van der Waals surface area contributed by atoms with Crippen LogP contribution in [0.5, 0.6) is 0 Å². The average Bonchev–Trinajstić information content (AvgIpc) is 2.14. The van der Waals surface area contributed by atoms with E-state index in [1.807, 2.05) is 5.32 Å². The molecule has 0 aliphatic heterocycles. The van der Waals surface area contributed by atoms with Crippen molar-refractivity contribution in [3.8, 4) is 0 Å². The summed E-state index contributed by atoms with van der Waals surface area (Å²) in [6.45, 7) is 1.28. The molecular formula is C8H12F3NO3. The monoisotopic (exact) mass is 227 g/mol. The Kier molecular flexibility index (Phi) is 5.10. The lowest BCUT2D eigenvalue weighted by atomic mass is 9.96. The number of esters is 1. The molecule has 0 radical (unpaired) electrons. The summed E-state index contributed by atoms with van der Waals surface area (Å²) in [5.41, 5.74) is 0. The second-order valence-electron chi connectivity index (χ2n) is 2.84. The number of methoxy groups -OCH3 is 1. The third-order valence-corrected chi connectivity index (χ3v) is 1.97. The van der Waals surface area contributed by atoms with Gasteiger partial charge in [-0.1, -0.05) is 6.92 Å². The van der Waals surface area contributed by atoms with Crippen LogP contribution in [-0.4, -0.2) is 31.7 Å². The molecule has 0 saturated heterocycles. The summed E-state index contributed by atoms with van der Waals surface area (Å²) in [4.78, 5) is 21.1. The van der Waals surface area contributed by atoms with E-state index in [0.717, 1.165) is 7.11 Å². The van der Waals surface area contributed by atoms with Crippen LogP contribution in [0.2, 0.25) is 0 Å². The molecule has 4 nitrogen and oxygen atoms in total. The molecular weight excluding hydrogens is 215 g/mol. The molecule has 0 aliphatic rings. The zero-order valence-corrected chi connectivity index (χ0v) is 8.30. The molecule has 0 fully saturated rings. The molecule has 0 aliphatic carbocycles.